The van der Waals surface area contributed by atoms with Gasteiger partial charge in [0, 0.05) is 41.8 Å². The fourth-order valence-corrected chi connectivity index (χ4v) is 3.94. The van der Waals surface area contributed by atoms with Crippen molar-refractivity contribution in [2.24, 2.45) is 11.5 Å². The van der Waals surface area contributed by atoms with Crippen molar-refractivity contribution in [1.29, 1.82) is 0 Å². The molecule has 14 heteroatoms. The van der Waals surface area contributed by atoms with Gasteiger partial charge in [0.15, 0.2) is 0 Å². The number of hydrogen-bond donors (Lipinski definition) is 8. The Labute approximate surface area is 223 Å². The molecule has 0 radical (unpaired) electrons. The van der Waals surface area contributed by atoms with Gasteiger partial charge in [-0.25, -0.2) is 4.98 Å². The highest BCUT2D eigenvalue weighted by Gasteiger charge is 2.30. The van der Waals surface area contributed by atoms with Crippen LogP contribution in [0.15, 0.2) is 43.0 Å². The molecule has 0 saturated heterocycles. The topological polar surface area (TPSA) is 238 Å². The Morgan fingerprint density at radius 1 is 0.974 bits per heavy atom. The monoisotopic (exact) mass is 540 g/mol. The summed E-state index contributed by atoms with van der Waals surface area (Å²) in [5.74, 6) is -4.15. The first-order chi connectivity index (χ1) is 18.5. The first kappa shape index (κ1) is 28.8. The lowest BCUT2D eigenvalue weighted by atomic mass is 10.0. The molecule has 0 aliphatic heterocycles. The number of carboxylic acids is 1. The molecule has 4 unspecified atom stereocenters. The number of aromatic amines is 2. The molecule has 2 heterocycles. The molecule has 2 aromatic heterocycles. The predicted octanol–water partition coefficient (Wildman–Crippen LogP) is -1.17. The third-order valence-corrected chi connectivity index (χ3v) is 6.10. The van der Waals surface area contributed by atoms with Crippen LogP contribution in [0.5, 0.6) is 0 Å². The molecule has 4 atom stereocenters. The summed E-state index contributed by atoms with van der Waals surface area (Å²) in [5, 5.41) is 17.4. The number of para-hydroxylation sites is 1. The SMILES string of the molecule is CC(NC(=O)C(CCC(N)=O)NC(=O)C(Cc1cnc[nH]1)NC(=O)C(N)Cc1c[nH]c2ccccc12)C(=O)O. The summed E-state index contributed by atoms with van der Waals surface area (Å²) in [7, 11) is 0. The van der Waals surface area contributed by atoms with Gasteiger partial charge in [0.1, 0.15) is 18.1 Å². The minimum atomic E-state index is -1.28. The lowest BCUT2D eigenvalue weighted by molar-refractivity contribution is -0.142. The van der Waals surface area contributed by atoms with E-state index in [-0.39, 0.29) is 25.7 Å². The Balaban J connectivity index is 1.74. The molecule has 10 N–H and O–H groups in total. The summed E-state index contributed by atoms with van der Waals surface area (Å²) in [6.07, 6.45) is 4.43. The summed E-state index contributed by atoms with van der Waals surface area (Å²) in [6.45, 7) is 1.25. The van der Waals surface area contributed by atoms with Gasteiger partial charge in [-0.15, -0.1) is 0 Å². The van der Waals surface area contributed by atoms with Crippen LogP contribution in [-0.4, -0.2) is 73.8 Å². The molecule has 0 bridgehead atoms. The van der Waals surface area contributed by atoms with Crippen LogP contribution in [0.3, 0.4) is 0 Å². The molecule has 39 heavy (non-hydrogen) atoms. The molecule has 0 aliphatic rings. The highest BCUT2D eigenvalue weighted by atomic mass is 16.4. The molecule has 3 rings (SSSR count). The number of carbonyl (C=O) groups is 5. The van der Waals surface area contributed by atoms with Crippen molar-refractivity contribution in [3.05, 3.63) is 54.2 Å². The van der Waals surface area contributed by atoms with Gasteiger partial charge in [0.2, 0.25) is 23.6 Å². The highest BCUT2D eigenvalue weighted by molar-refractivity contribution is 5.94. The van der Waals surface area contributed by atoms with E-state index in [0.717, 1.165) is 16.5 Å². The van der Waals surface area contributed by atoms with Crippen LogP contribution in [0.2, 0.25) is 0 Å². The second kappa shape index (κ2) is 13.2. The van der Waals surface area contributed by atoms with E-state index in [9.17, 15) is 24.0 Å². The minimum absolute atomic E-state index is 0.00688. The van der Waals surface area contributed by atoms with Crippen LogP contribution >= 0.6 is 0 Å². The van der Waals surface area contributed by atoms with Crippen LogP contribution in [0.25, 0.3) is 10.9 Å². The van der Waals surface area contributed by atoms with Crippen molar-refractivity contribution in [2.75, 3.05) is 0 Å². The molecule has 0 aliphatic carbocycles. The van der Waals surface area contributed by atoms with Crippen LogP contribution in [-0.2, 0) is 36.8 Å². The van der Waals surface area contributed by atoms with Crippen LogP contribution in [0.1, 0.15) is 31.0 Å². The van der Waals surface area contributed by atoms with Crippen molar-refractivity contribution in [3.63, 3.8) is 0 Å². The molecule has 14 nitrogen and oxygen atoms in total. The number of nitrogens with two attached hydrogens (primary N) is 2. The van der Waals surface area contributed by atoms with Crippen molar-refractivity contribution >= 4 is 40.5 Å². The standard InChI is InChI=1S/C25H32N8O6/c1-13(25(38)39)31-23(36)19(6-7-21(27)34)32-24(37)20(9-15-11-28-12-30-15)33-22(35)17(26)8-14-10-29-18-5-3-2-4-16(14)18/h2-5,10-13,17,19-20,29H,6-9,26H2,1H3,(H2,27,34)(H,28,30)(H,31,36)(H,32,37)(H,33,35)(H,38,39). The maximum Gasteiger partial charge on any atom is 0.325 e. The molecule has 0 fully saturated rings. The maximum atomic E-state index is 13.3. The molecular formula is C25H32N8O6. The van der Waals surface area contributed by atoms with E-state index in [1.165, 1.54) is 19.4 Å². The molecule has 4 amide bonds. The fraction of sp³-hybridized carbons (Fsp3) is 0.360. The van der Waals surface area contributed by atoms with Crippen molar-refractivity contribution in [3.8, 4) is 0 Å². The summed E-state index contributed by atoms with van der Waals surface area (Å²) in [6, 6.07) is 2.87. The van der Waals surface area contributed by atoms with Gasteiger partial charge >= 0.3 is 5.97 Å². The zero-order valence-electron chi connectivity index (χ0n) is 21.3. The number of benzene rings is 1. The number of H-pyrrole nitrogens is 2. The number of imidazole rings is 1. The van der Waals surface area contributed by atoms with Gasteiger partial charge in [-0.1, -0.05) is 18.2 Å². The quantitative estimate of drug-likeness (QED) is 0.124. The number of rotatable bonds is 14. The summed E-state index contributed by atoms with van der Waals surface area (Å²) < 4.78 is 0. The Morgan fingerprint density at radius 2 is 1.67 bits per heavy atom. The van der Waals surface area contributed by atoms with Crippen molar-refractivity contribution in [2.45, 2.75) is 56.8 Å². The summed E-state index contributed by atoms with van der Waals surface area (Å²) >= 11 is 0. The van der Waals surface area contributed by atoms with Gasteiger partial charge in [-0.3, -0.25) is 24.0 Å². The van der Waals surface area contributed by atoms with E-state index in [0.29, 0.717) is 5.69 Å². The van der Waals surface area contributed by atoms with E-state index in [1.54, 1.807) is 6.20 Å². The number of carboxylic acid groups (broad SMARTS) is 1. The van der Waals surface area contributed by atoms with E-state index >= 15 is 0 Å². The molecular weight excluding hydrogens is 508 g/mol. The molecule has 0 spiro atoms. The molecule has 3 aromatic rings. The molecule has 208 valence electrons. The van der Waals surface area contributed by atoms with E-state index in [1.807, 2.05) is 24.3 Å². The number of carbonyl (C=O) groups excluding carboxylic acids is 4. The fourth-order valence-electron chi connectivity index (χ4n) is 3.94. The Hall–Kier alpha value is -4.72. The van der Waals surface area contributed by atoms with Crippen molar-refractivity contribution < 1.29 is 29.1 Å². The average Bonchev–Trinajstić information content (AvgIpc) is 3.55. The number of primary amides is 1. The van der Waals surface area contributed by atoms with Gasteiger partial charge < -0.3 is 42.5 Å². The highest BCUT2D eigenvalue weighted by Crippen LogP contribution is 2.18. The van der Waals surface area contributed by atoms with Gasteiger partial charge in [-0.2, -0.15) is 0 Å². The number of nitrogens with one attached hydrogen (secondary N) is 5. The second-order valence-corrected chi connectivity index (χ2v) is 9.15. The predicted molar refractivity (Wildman–Crippen MR) is 140 cm³/mol. The second-order valence-electron chi connectivity index (χ2n) is 9.15. The van der Waals surface area contributed by atoms with E-state index in [2.05, 4.69) is 30.9 Å². The van der Waals surface area contributed by atoms with Crippen LogP contribution < -0.4 is 27.4 Å². The van der Waals surface area contributed by atoms with Gasteiger partial charge in [-0.05, 0) is 31.4 Å². The maximum absolute atomic E-state index is 13.3. The van der Waals surface area contributed by atoms with E-state index in [4.69, 9.17) is 16.6 Å². The number of hydrogen-bond acceptors (Lipinski definition) is 7. The third-order valence-electron chi connectivity index (χ3n) is 6.10. The number of nitrogens with zero attached hydrogens (tertiary/aromatic N) is 1. The Kier molecular flexibility index (Phi) is 9.75. The Bertz CT molecular complexity index is 1320. The molecule has 1 aromatic carbocycles. The first-order valence-electron chi connectivity index (χ1n) is 12.2. The largest absolute Gasteiger partial charge is 0.480 e. The number of fused-ring (bicyclic) bond motifs is 1. The molecule has 0 saturated carbocycles. The zero-order chi connectivity index (χ0) is 28.5. The lowest BCUT2D eigenvalue weighted by Crippen LogP contribution is -2.57. The van der Waals surface area contributed by atoms with Gasteiger partial charge in [0.05, 0.1) is 12.4 Å². The lowest BCUT2D eigenvalue weighted by Gasteiger charge is -2.24. The zero-order valence-corrected chi connectivity index (χ0v) is 21.3. The third kappa shape index (κ3) is 8.13. The van der Waals surface area contributed by atoms with Crippen molar-refractivity contribution in [1.82, 2.24) is 30.9 Å². The normalized spacial score (nSPS) is 14.1. The Morgan fingerprint density at radius 3 is 2.33 bits per heavy atom. The van der Waals surface area contributed by atoms with Crippen LogP contribution in [0.4, 0.5) is 0 Å². The summed E-state index contributed by atoms with van der Waals surface area (Å²) in [5.41, 5.74) is 13.6. The average molecular weight is 541 g/mol. The number of amides is 4. The number of aliphatic carboxylic acids is 1. The van der Waals surface area contributed by atoms with E-state index < -0.39 is 53.8 Å². The number of aromatic nitrogens is 3. The van der Waals surface area contributed by atoms with Gasteiger partial charge in [0.25, 0.3) is 0 Å². The first-order valence-corrected chi connectivity index (χ1v) is 12.2. The summed E-state index contributed by atoms with van der Waals surface area (Å²) in [4.78, 5) is 71.4. The van der Waals surface area contributed by atoms with Crippen LogP contribution in [0, 0.1) is 0 Å². The smallest absolute Gasteiger partial charge is 0.325 e. The minimum Gasteiger partial charge on any atom is -0.480 e.